The van der Waals surface area contributed by atoms with Crippen LogP contribution in [0.1, 0.15) is 30.4 Å². The number of piperidine rings is 1. The SMILES string of the molecule is COCCNC(=O)CC[C@@H]1CN(Cc2ccccc2)CC[C@@H]1N1CCN(c2cccc(C(F)(F)F)c2)CC1. The third kappa shape index (κ3) is 7.94. The molecule has 0 aliphatic carbocycles. The highest BCUT2D eigenvalue weighted by atomic mass is 19.4. The first-order chi connectivity index (χ1) is 18.3. The van der Waals surface area contributed by atoms with Crippen molar-refractivity contribution < 1.29 is 22.7 Å². The molecule has 2 saturated heterocycles. The van der Waals surface area contributed by atoms with Crippen molar-refractivity contribution in [3.05, 3.63) is 65.7 Å². The summed E-state index contributed by atoms with van der Waals surface area (Å²) in [7, 11) is 1.62. The van der Waals surface area contributed by atoms with Crippen molar-refractivity contribution in [1.29, 1.82) is 0 Å². The summed E-state index contributed by atoms with van der Waals surface area (Å²) in [5.41, 5.74) is 1.31. The molecular formula is C29H39F3N4O2. The van der Waals surface area contributed by atoms with Gasteiger partial charge in [-0.25, -0.2) is 0 Å². The second-order valence-corrected chi connectivity index (χ2v) is 10.3. The maximum Gasteiger partial charge on any atom is 0.416 e. The summed E-state index contributed by atoms with van der Waals surface area (Å²) in [6, 6.07) is 16.4. The number of piperazine rings is 1. The van der Waals surface area contributed by atoms with Crippen molar-refractivity contribution in [3.8, 4) is 0 Å². The molecule has 1 N–H and O–H groups in total. The number of hydrogen-bond acceptors (Lipinski definition) is 5. The number of anilines is 1. The van der Waals surface area contributed by atoms with Gasteiger partial charge >= 0.3 is 6.18 Å². The molecule has 4 rings (SSSR count). The molecule has 0 bridgehead atoms. The Bertz CT molecular complexity index is 1010. The quantitative estimate of drug-likeness (QED) is 0.464. The highest BCUT2D eigenvalue weighted by Crippen LogP contribution is 2.33. The number of nitrogens with zero attached hydrogens (tertiary/aromatic N) is 3. The minimum Gasteiger partial charge on any atom is -0.383 e. The molecule has 2 aliphatic rings. The molecule has 6 nitrogen and oxygen atoms in total. The fraction of sp³-hybridized carbons (Fsp3) is 0.552. The summed E-state index contributed by atoms with van der Waals surface area (Å²) in [5, 5.41) is 2.93. The van der Waals surface area contributed by atoms with E-state index in [0.717, 1.165) is 51.6 Å². The van der Waals surface area contributed by atoms with Gasteiger partial charge in [0.25, 0.3) is 0 Å². The average Bonchev–Trinajstić information content (AvgIpc) is 2.92. The van der Waals surface area contributed by atoms with E-state index in [9.17, 15) is 18.0 Å². The molecule has 0 unspecified atom stereocenters. The van der Waals surface area contributed by atoms with E-state index in [1.807, 2.05) is 6.07 Å². The lowest BCUT2D eigenvalue weighted by Crippen LogP contribution is -2.56. The summed E-state index contributed by atoms with van der Waals surface area (Å²) in [5.74, 6) is 0.399. The van der Waals surface area contributed by atoms with E-state index in [4.69, 9.17) is 4.74 Å². The molecule has 38 heavy (non-hydrogen) atoms. The Kier molecular flexibility index (Phi) is 10.0. The molecule has 2 heterocycles. The molecule has 9 heteroatoms. The molecule has 0 spiro atoms. The average molecular weight is 533 g/mol. The fourth-order valence-corrected chi connectivity index (χ4v) is 5.73. The molecule has 0 radical (unpaired) electrons. The lowest BCUT2D eigenvalue weighted by Gasteiger charge is -2.47. The van der Waals surface area contributed by atoms with Gasteiger partial charge in [0.05, 0.1) is 12.2 Å². The van der Waals surface area contributed by atoms with E-state index in [2.05, 4.69) is 44.3 Å². The van der Waals surface area contributed by atoms with Gasteiger partial charge in [-0.15, -0.1) is 0 Å². The molecule has 1 amide bonds. The van der Waals surface area contributed by atoms with Gasteiger partial charge in [0.1, 0.15) is 0 Å². The molecular weight excluding hydrogens is 493 g/mol. The van der Waals surface area contributed by atoms with Gasteiger partial charge in [0.2, 0.25) is 5.91 Å². The Balaban J connectivity index is 1.37. The first kappa shape index (κ1) is 28.4. The Hall–Kier alpha value is -2.62. The molecule has 2 aromatic rings. The molecule has 0 aromatic heterocycles. The number of hydrogen-bond donors (Lipinski definition) is 1. The number of rotatable bonds is 10. The summed E-state index contributed by atoms with van der Waals surface area (Å²) in [6.07, 6.45) is -2.03. The van der Waals surface area contributed by atoms with E-state index in [1.165, 1.54) is 17.7 Å². The van der Waals surface area contributed by atoms with Crippen LogP contribution in [0.5, 0.6) is 0 Å². The van der Waals surface area contributed by atoms with E-state index < -0.39 is 11.7 Å². The third-order valence-corrected chi connectivity index (χ3v) is 7.72. The second kappa shape index (κ2) is 13.4. The van der Waals surface area contributed by atoms with Crippen molar-refractivity contribution >= 4 is 11.6 Å². The molecule has 208 valence electrons. The number of amides is 1. The summed E-state index contributed by atoms with van der Waals surface area (Å²) < 4.78 is 44.6. The zero-order chi connectivity index (χ0) is 27.0. The predicted molar refractivity (Wildman–Crippen MR) is 143 cm³/mol. The maximum absolute atomic E-state index is 13.2. The minimum absolute atomic E-state index is 0.0512. The van der Waals surface area contributed by atoms with Crippen LogP contribution in [0.15, 0.2) is 54.6 Å². The van der Waals surface area contributed by atoms with Gasteiger partial charge in [0.15, 0.2) is 0 Å². The van der Waals surface area contributed by atoms with Crippen LogP contribution in [-0.4, -0.2) is 81.3 Å². The van der Waals surface area contributed by atoms with Crippen LogP contribution in [0.25, 0.3) is 0 Å². The van der Waals surface area contributed by atoms with Crippen LogP contribution in [0.2, 0.25) is 0 Å². The molecule has 2 atom stereocenters. The standard InChI is InChI=1S/C29H39F3N4O2/c1-38-19-13-33-28(37)11-10-24-22-34(21-23-6-3-2-4-7-23)14-12-27(24)36-17-15-35(16-18-36)26-9-5-8-25(20-26)29(30,31)32/h2-9,20,24,27H,10-19,21-22H2,1H3,(H,33,37)/t24-,27+/m1/s1. The minimum atomic E-state index is -4.34. The van der Waals surface area contributed by atoms with Crippen LogP contribution in [-0.2, 0) is 22.3 Å². The molecule has 2 aromatic carbocycles. The van der Waals surface area contributed by atoms with Crippen LogP contribution < -0.4 is 10.2 Å². The number of alkyl halides is 3. The zero-order valence-corrected chi connectivity index (χ0v) is 22.1. The van der Waals surface area contributed by atoms with Crippen molar-refractivity contribution in [1.82, 2.24) is 15.1 Å². The van der Waals surface area contributed by atoms with Crippen LogP contribution in [0, 0.1) is 5.92 Å². The van der Waals surface area contributed by atoms with E-state index in [1.54, 1.807) is 13.2 Å². The first-order valence-corrected chi connectivity index (χ1v) is 13.5. The first-order valence-electron chi connectivity index (χ1n) is 13.5. The molecule has 0 saturated carbocycles. The predicted octanol–water partition coefficient (Wildman–Crippen LogP) is 4.26. The smallest absolute Gasteiger partial charge is 0.383 e. The Morgan fingerprint density at radius 2 is 1.79 bits per heavy atom. The monoisotopic (exact) mass is 532 g/mol. The van der Waals surface area contributed by atoms with Crippen LogP contribution in [0.4, 0.5) is 18.9 Å². The van der Waals surface area contributed by atoms with E-state index >= 15 is 0 Å². The Morgan fingerprint density at radius 1 is 1.03 bits per heavy atom. The number of carbonyl (C=O) groups is 1. The van der Waals surface area contributed by atoms with Crippen molar-refractivity contribution in [2.24, 2.45) is 5.92 Å². The van der Waals surface area contributed by atoms with Gasteiger partial charge in [-0.3, -0.25) is 14.6 Å². The number of halogens is 3. The van der Waals surface area contributed by atoms with Gasteiger partial charge in [-0.2, -0.15) is 13.2 Å². The summed E-state index contributed by atoms with van der Waals surface area (Å²) in [6.45, 7) is 6.81. The summed E-state index contributed by atoms with van der Waals surface area (Å²) >= 11 is 0. The Labute approximate surface area is 223 Å². The van der Waals surface area contributed by atoms with Gasteiger partial charge in [0, 0.05) is 71.1 Å². The van der Waals surface area contributed by atoms with Gasteiger partial charge < -0.3 is 15.0 Å². The topological polar surface area (TPSA) is 48.1 Å². The number of methoxy groups -OCH3 is 1. The van der Waals surface area contributed by atoms with Crippen molar-refractivity contribution in [3.63, 3.8) is 0 Å². The Morgan fingerprint density at radius 3 is 2.50 bits per heavy atom. The van der Waals surface area contributed by atoms with E-state index in [-0.39, 0.29) is 5.91 Å². The van der Waals surface area contributed by atoms with Gasteiger partial charge in [-0.1, -0.05) is 36.4 Å². The second-order valence-electron chi connectivity index (χ2n) is 10.3. The third-order valence-electron chi connectivity index (χ3n) is 7.72. The highest BCUT2D eigenvalue weighted by Gasteiger charge is 2.35. The van der Waals surface area contributed by atoms with Crippen LogP contribution in [0.3, 0.4) is 0 Å². The van der Waals surface area contributed by atoms with Crippen molar-refractivity contribution in [2.45, 2.75) is 38.0 Å². The molecule has 2 fully saturated rings. The lowest BCUT2D eigenvalue weighted by molar-refractivity contribution is -0.137. The number of nitrogens with one attached hydrogen (secondary N) is 1. The zero-order valence-electron chi connectivity index (χ0n) is 22.1. The van der Waals surface area contributed by atoms with Crippen molar-refractivity contribution in [2.75, 3.05) is 64.4 Å². The normalized spacial score (nSPS) is 21.4. The number of carbonyl (C=O) groups excluding carboxylic acids is 1. The maximum atomic E-state index is 13.2. The highest BCUT2D eigenvalue weighted by molar-refractivity contribution is 5.75. The number of likely N-dealkylation sites (tertiary alicyclic amines) is 1. The fourth-order valence-electron chi connectivity index (χ4n) is 5.73. The number of ether oxygens (including phenoxy) is 1. The lowest BCUT2D eigenvalue weighted by atomic mass is 9.86. The largest absolute Gasteiger partial charge is 0.416 e. The van der Waals surface area contributed by atoms with Gasteiger partial charge in [-0.05, 0) is 49.1 Å². The number of benzene rings is 2. The van der Waals surface area contributed by atoms with E-state index in [0.29, 0.717) is 50.3 Å². The molecule has 2 aliphatic heterocycles. The van der Waals surface area contributed by atoms with Crippen LogP contribution >= 0.6 is 0 Å². The summed E-state index contributed by atoms with van der Waals surface area (Å²) in [4.78, 5) is 19.5.